The Bertz CT molecular complexity index is 981. The van der Waals surface area contributed by atoms with Gasteiger partial charge in [0.05, 0.1) is 10.8 Å². The Hall–Kier alpha value is -2.98. The highest BCUT2D eigenvalue weighted by atomic mass is 32.1. The summed E-state index contributed by atoms with van der Waals surface area (Å²) in [5, 5.41) is 2.38. The van der Waals surface area contributed by atoms with Gasteiger partial charge in [-0.3, -0.25) is 0 Å². The van der Waals surface area contributed by atoms with E-state index in [1.54, 1.807) is 0 Å². The minimum atomic E-state index is 0.817. The van der Waals surface area contributed by atoms with E-state index < -0.39 is 0 Å². The molecule has 0 radical (unpaired) electrons. The van der Waals surface area contributed by atoms with E-state index in [0.717, 1.165) is 34.4 Å². The molecule has 0 unspecified atom stereocenters. The molecule has 3 aromatic carbocycles. The van der Waals surface area contributed by atoms with E-state index in [1.807, 2.05) is 24.3 Å². The maximum atomic E-state index is 4.63. The molecule has 0 aromatic heterocycles. The molecule has 1 nitrogen and oxygen atoms in total. The van der Waals surface area contributed by atoms with Crippen molar-refractivity contribution in [3.8, 4) is 23.0 Å². The minimum Gasteiger partial charge on any atom is -0.195 e. The third kappa shape index (κ3) is 5.50. The monoisotopic (exact) mass is 367 g/mol. The number of benzene rings is 3. The van der Waals surface area contributed by atoms with Gasteiger partial charge in [-0.2, -0.15) is 4.99 Å². The van der Waals surface area contributed by atoms with Crippen LogP contribution in [0.15, 0.2) is 77.8 Å². The lowest BCUT2D eigenvalue weighted by Crippen LogP contribution is -1.84. The molecule has 0 fully saturated rings. The van der Waals surface area contributed by atoms with Gasteiger partial charge in [0, 0.05) is 11.1 Å². The summed E-state index contributed by atoms with van der Waals surface area (Å²) in [6.45, 7) is 2.22. The Balaban J connectivity index is 1.69. The number of nitrogens with zero attached hydrogens (tertiary/aromatic N) is 1. The normalized spacial score (nSPS) is 9.81. The summed E-state index contributed by atoms with van der Waals surface area (Å²) in [5.74, 6) is 6.49. The van der Waals surface area contributed by atoms with Crippen molar-refractivity contribution in [1.82, 2.24) is 0 Å². The lowest BCUT2D eigenvalue weighted by atomic mass is 10.0. The largest absolute Gasteiger partial charge is 0.195 e. The van der Waals surface area contributed by atoms with Crippen molar-refractivity contribution in [2.24, 2.45) is 4.99 Å². The van der Waals surface area contributed by atoms with E-state index in [2.05, 4.69) is 89.7 Å². The minimum absolute atomic E-state index is 0.817. The van der Waals surface area contributed by atoms with Crippen LogP contribution in [-0.4, -0.2) is 5.16 Å². The second kappa shape index (κ2) is 9.64. The van der Waals surface area contributed by atoms with E-state index >= 15 is 0 Å². The fourth-order valence-corrected chi connectivity index (χ4v) is 2.91. The molecule has 0 N–H and O–H groups in total. The average Bonchev–Trinajstić information content (AvgIpc) is 2.73. The highest BCUT2D eigenvalue weighted by Crippen LogP contribution is 2.22. The summed E-state index contributed by atoms with van der Waals surface area (Å²) in [6, 6.07) is 24.8. The van der Waals surface area contributed by atoms with Crippen molar-refractivity contribution in [1.29, 1.82) is 0 Å². The van der Waals surface area contributed by atoms with Gasteiger partial charge in [0.25, 0.3) is 0 Å². The summed E-state index contributed by atoms with van der Waals surface area (Å²) < 4.78 is 0. The Morgan fingerprint density at radius 1 is 0.741 bits per heavy atom. The molecular weight excluding hydrogens is 346 g/mol. The van der Waals surface area contributed by atoms with E-state index in [-0.39, 0.29) is 0 Å². The zero-order chi connectivity index (χ0) is 18.9. The van der Waals surface area contributed by atoms with E-state index in [9.17, 15) is 0 Å². The number of thiocarbonyl (C=S) groups is 1. The molecule has 0 heterocycles. The summed E-state index contributed by atoms with van der Waals surface area (Å²) in [6.07, 6.45) is 3.60. The first-order valence-corrected chi connectivity index (χ1v) is 9.58. The molecule has 0 saturated heterocycles. The van der Waals surface area contributed by atoms with Crippen LogP contribution >= 0.6 is 12.2 Å². The predicted molar refractivity (Wildman–Crippen MR) is 118 cm³/mol. The molecule has 132 valence electrons. The number of aliphatic imine (C=N–C) groups is 1. The molecule has 27 heavy (non-hydrogen) atoms. The molecule has 0 spiro atoms. The van der Waals surface area contributed by atoms with Crippen LogP contribution in [0.4, 0.5) is 5.69 Å². The van der Waals surface area contributed by atoms with E-state index in [1.165, 1.54) is 18.4 Å². The lowest BCUT2D eigenvalue weighted by Gasteiger charge is -2.02. The first-order chi connectivity index (χ1) is 13.3. The smallest absolute Gasteiger partial charge is 0.0739 e. The highest BCUT2D eigenvalue weighted by Gasteiger charge is 1.98. The molecule has 3 aromatic rings. The summed E-state index contributed by atoms with van der Waals surface area (Å²) in [7, 11) is 0. The molecule has 3 rings (SSSR count). The summed E-state index contributed by atoms with van der Waals surface area (Å²) in [5.41, 5.74) is 6.55. The summed E-state index contributed by atoms with van der Waals surface area (Å²) in [4.78, 5) is 3.98. The third-order valence-corrected chi connectivity index (χ3v) is 4.48. The van der Waals surface area contributed by atoms with Crippen molar-refractivity contribution in [2.45, 2.75) is 26.2 Å². The van der Waals surface area contributed by atoms with Crippen molar-refractivity contribution >= 4 is 23.1 Å². The Kier molecular flexibility index (Phi) is 6.72. The standard InChI is InChI=1S/C25H21NS/c1-2-3-4-20-5-7-21(8-6-20)9-10-22-11-13-23(14-12-22)24-15-17-25(18-16-24)26-19-27/h5-8,11-18H,2-4H2,1H3. The lowest BCUT2D eigenvalue weighted by molar-refractivity contribution is 0.795. The molecule has 0 amide bonds. The van der Waals surface area contributed by atoms with Crippen LogP contribution in [0.5, 0.6) is 0 Å². The molecule has 0 bridgehead atoms. The van der Waals surface area contributed by atoms with Crippen molar-refractivity contribution in [2.75, 3.05) is 0 Å². The van der Waals surface area contributed by atoms with Crippen molar-refractivity contribution in [3.05, 3.63) is 89.5 Å². The molecule has 0 aliphatic rings. The van der Waals surface area contributed by atoms with Crippen molar-refractivity contribution in [3.63, 3.8) is 0 Å². The summed E-state index contributed by atoms with van der Waals surface area (Å²) >= 11 is 4.63. The topological polar surface area (TPSA) is 12.4 Å². The highest BCUT2D eigenvalue weighted by molar-refractivity contribution is 7.78. The molecule has 0 saturated carbocycles. The first-order valence-electron chi connectivity index (χ1n) is 9.18. The number of unbranched alkanes of at least 4 members (excludes halogenated alkanes) is 1. The van der Waals surface area contributed by atoms with Crippen LogP contribution in [0.2, 0.25) is 0 Å². The molecule has 0 aliphatic carbocycles. The zero-order valence-corrected chi connectivity index (χ0v) is 16.2. The Labute approximate surface area is 166 Å². The fraction of sp³-hybridized carbons (Fsp3) is 0.160. The van der Waals surface area contributed by atoms with E-state index in [0.29, 0.717) is 0 Å². The number of hydrogen-bond donors (Lipinski definition) is 0. The third-order valence-electron chi connectivity index (χ3n) is 4.38. The number of rotatable bonds is 5. The Morgan fingerprint density at radius 2 is 1.26 bits per heavy atom. The second-order valence-corrected chi connectivity index (χ2v) is 6.56. The van der Waals surface area contributed by atoms with Crippen LogP contribution in [0.3, 0.4) is 0 Å². The zero-order valence-electron chi connectivity index (χ0n) is 15.4. The van der Waals surface area contributed by atoms with Gasteiger partial charge in [-0.25, -0.2) is 0 Å². The van der Waals surface area contributed by atoms with Gasteiger partial charge in [0.1, 0.15) is 0 Å². The van der Waals surface area contributed by atoms with Crippen LogP contribution in [0.25, 0.3) is 11.1 Å². The van der Waals surface area contributed by atoms with Gasteiger partial charge in [0.15, 0.2) is 0 Å². The first kappa shape index (κ1) is 18.8. The molecular formula is C25H21NS. The fourth-order valence-electron chi connectivity index (χ4n) is 2.81. The van der Waals surface area contributed by atoms with Gasteiger partial charge < -0.3 is 0 Å². The van der Waals surface area contributed by atoms with Gasteiger partial charge in [-0.1, -0.05) is 61.6 Å². The average molecular weight is 368 g/mol. The number of aryl methyl sites for hydroxylation is 1. The maximum absolute atomic E-state index is 4.63. The van der Waals surface area contributed by atoms with Crippen molar-refractivity contribution < 1.29 is 0 Å². The second-order valence-electron chi connectivity index (χ2n) is 6.38. The van der Waals surface area contributed by atoms with Gasteiger partial charge in [0.2, 0.25) is 0 Å². The Morgan fingerprint density at radius 3 is 1.78 bits per heavy atom. The van der Waals surface area contributed by atoms with Crippen LogP contribution in [0.1, 0.15) is 36.5 Å². The quantitative estimate of drug-likeness (QED) is 0.273. The number of isothiocyanates is 1. The van der Waals surface area contributed by atoms with Crippen LogP contribution < -0.4 is 0 Å². The molecule has 0 atom stereocenters. The van der Waals surface area contributed by atoms with Gasteiger partial charge in [-0.15, -0.1) is 0 Å². The van der Waals surface area contributed by atoms with Crippen LogP contribution in [-0.2, 0) is 6.42 Å². The molecule has 2 heteroatoms. The predicted octanol–water partition coefficient (Wildman–Crippen LogP) is 6.83. The molecule has 0 aliphatic heterocycles. The van der Waals surface area contributed by atoms with Crippen LogP contribution in [0, 0.1) is 11.8 Å². The van der Waals surface area contributed by atoms with E-state index in [4.69, 9.17) is 0 Å². The van der Waals surface area contributed by atoms with Gasteiger partial charge >= 0.3 is 0 Å². The van der Waals surface area contributed by atoms with Gasteiger partial charge in [-0.05, 0) is 78.1 Å². The maximum Gasteiger partial charge on any atom is 0.0739 e. The number of hydrogen-bond acceptors (Lipinski definition) is 2. The SMILES string of the molecule is CCCCc1ccc(C#Cc2ccc(-c3ccc(N=C=S)cc3)cc2)cc1.